The van der Waals surface area contributed by atoms with Gasteiger partial charge in [0.1, 0.15) is 0 Å². The predicted octanol–water partition coefficient (Wildman–Crippen LogP) is 0.421. The lowest BCUT2D eigenvalue weighted by Crippen LogP contribution is -2.45. The highest BCUT2D eigenvalue weighted by Crippen LogP contribution is 2.19. The number of carbonyl (C=O) groups is 1. The van der Waals surface area contributed by atoms with Gasteiger partial charge < -0.3 is 11.1 Å². The highest BCUT2D eigenvalue weighted by Gasteiger charge is 2.26. The Labute approximate surface area is 108 Å². The molecule has 1 atom stereocenters. The van der Waals surface area contributed by atoms with Crippen LogP contribution in [0.25, 0.3) is 0 Å². The van der Waals surface area contributed by atoms with Crippen molar-refractivity contribution in [3.63, 3.8) is 0 Å². The molecule has 1 unspecified atom stereocenters. The van der Waals surface area contributed by atoms with E-state index in [1.54, 1.807) is 0 Å². The Morgan fingerprint density at radius 3 is 2.94 bits per heavy atom. The number of rotatable bonds is 5. The molecule has 0 spiro atoms. The van der Waals surface area contributed by atoms with Gasteiger partial charge in [-0.2, -0.15) is 11.8 Å². The molecule has 5 heteroatoms. The summed E-state index contributed by atoms with van der Waals surface area (Å²) in [5, 5.41) is 3.05. The number of nitrogens with zero attached hydrogens (tertiary/aromatic N) is 1. The van der Waals surface area contributed by atoms with Gasteiger partial charge in [0.2, 0.25) is 5.91 Å². The molecule has 1 aliphatic heterocycles. The minimum Gasteiger partial charge on any atom is -0.353 e. The molecule has 0 aromatic heterocycles. The van der Waals surface area contributed by atoms with Crippen LogP contribution in [0, 0.1) is 0 Å². The first-order chi connectivity index (χ1) is 8.29. The van der Waals surface area contributed by atoms with E-state index >= 15 is 0 Å². The third-order valence-corrected chi connectivity index (χ3v) is 4.46. The van der Waals surface area contributed by atoms with Gasteiger partial charge in [0, 0.05) is 37.3 Å². The number of carbonyl (C=O) groups excluding carboxylic acids is 1. The molecule has 0 aromatic rings. The molecular weight excluding hydrogens is 234 g/mol. The molecule has 2 aliphatic rings. The third kappa shape index (κ3) is 4.48. The molecule has 2 fully saturated rings. The molecule has 1 heterocycles. The highest BCUT2D eigenvalue weighted by molar-refractivity contribution is 7.99. The van der Waals surface area contributed by atoms with Gasteiger partial charge >= 0.3 is 0 Å². The maximum Gasteiger partial charge on any atom is 0.221 e. The molecule has 4 nitrogen and oxygen atoms in total. The summed E-state index contributed by atoms with van der Waals surface area (Å²) in [6, 6.07) is 0.688. The quantitative estimate of drug-likeness (QED) is 0.749. The summed E-state index contributed by atoms with van der Waals surface area (Å²) in [5.41, 5.74) is 5.82. The Morgan fingerprint density at radius 1 is 1.41 bits per heavy atom. The Bertz CT molecular complexity index is 250. The van der Waals surface area contributed by atoms with Gasteiger partial charge in [-0.05, 0) is 31.6 Å². The molecule has 98 valence electrons. The van der Waals surface area contributed by atoms with Gasteiger partial charge in [0.15, 0.2) is 0 Å². The molecule has 2 rings (SSSR count). The normalized spacial score (nSPS) is 24.1. The lowest BCUT2D eigenvalue weighted by Gasteiger charge is -2.28. The van der Waals surface area contributed by atoms with Crippen LogP contribution in [-0.2, 0) is 4.79 Å². The zero-order chi connectivity index (χ0) is 12.1. The summed E-state index contributed by atoms with van der Waals surface area (Å²) in [7, 11) is 0. The van der Waals surface area contributed by atoms with Crippen LogP contribution in [0.15, 0.2) is 0 Å². The molecule has 1 aliphatic carbocycles. The van der Waals surface area contributed by atoms with Crippen molar-refractivity contribution in [3.05, 3.63) is 0 Å². The van der Waals surface area contributed by atoms with E-state index in [0.717, 1.165) is 25.9 Å². The third-order valence-electron chi connectivity index (χ3n) is 3.41. The second kappa shape index (κ2) is 6.61. The highest BCUT2D eigenvalue weighted by atomic mass is 32.2. The predicted molar refractivity (Wildman–Crippen MR) is 72.1 cm³/mol. The number of hydrogen-bond donors (Lipinski definition) is 2. The Hall–Kier alpha value is -0.260. The average molecular weight is 257 g/mol. The lowest BCUT2D eigenvalue weighted by atomic mass is 10.1. The average Bonchev–Trinajstić information content (AvgIpc) is 3.12. The van der Waals surface area contributed by atoms with Crippen LogP contribution in [0.1, 0.15) is 25.7 Å². The molecule has 17 heavy (non-hydrogen) atoms. The number of thioether (sulfide) groups is 1. The summed E-state index contributed by atoms with van der Waals surface area (Å²) in [6.07, 6.45) is 4.09. The molecule has 1 amide bonds. The summed E-state index contributed by atoms with van der Waals surface area (Å²) in [6.45, 7) is 2.75. The van der Waals surface area contributed by atoms with Crippen molar-refractivity contribution in [3.8, 4) is 0 Å². The fourth-order valence-electron chi connectivity index (χ4n) is 2.22. The maximum atomic E-state index is 11.8. The van der Waals surface area contributed by atoms with E-state index in [9.17, 15) is 4.79 Å². The monoisotopic (exact) mass is 257 g/mol. The minimum absolute atomic E-state index is 0.180. The van der Waals surface area contributed by atoms with Crippen LogP contribution in [0.3, 0.4) is 0 Å². The fraction of sp³-hybridized carbons (Fsp3) is 0.917. The topological polar surface area (TPSA) is 58.4 Å². The molecule has 3 N–H and O–H groups in total. The van der Waals surface area contributed by atoms with E-state index in [1.165, 1.54) is 17.9 Å². The Kier molecular flexibility index (Phi) is 5.13. The van der Waals surface area contributed by atoms with Crippen molar-refractivity contribution in [1.29, 1.82) is 0 Å². The Balaban J connectivity index is 1.78. The lowest BCUT2D eigenvalue weighted by molar-refractivity contribution is -0.122. The fourth-order valence-corrected chi connectivity index (χ4v) is 3.12. The van der Waals surface area contributed by atoms with Gasteiger partial charge in [-0.25, -0.2) is 0 Å². The second-order valence-corrected chi connectivity index (χ2v) is 6.16. The SMILES string of the molecule is NCC(CC(=O)NC1CC1)N1CCCSCC1. The molecule has 0 aromatic carbocycles. The van der Waals surface area contributed by atoms with Crippen LogP contribution < -0.4 is 11.1 Å². The number of nitrogens with two attached hydrogens (primary N) is 1. The molecule has 0 radical (unpaired) electrons. The van der Waals surface area contributed by atoms with Crippen LogP contribution in [0.2, 0.25) is 0 Å². The van der Waals surface area contributed by atoms with Crippen molar-refractivity contribution in [2.24, 2.45) is 5.73 Å². The van der Waals surface area contributed by atoms with Crippen molar-refractivity contribution in [2.45, 2.75) is 37.8 Å². The zero-order valence-corrected chi connectivity index (χ0v) is 11.2. The first-order valence-corrected chi connectivity index (χ1v) is 7.76. The van der Waals surface area contributed by atoms with Crippen molar-refractivity contribution < 1.29 is 4.79 Å². The van der Waals surface area contributed by atoms with Crippen LogP contribution >= 0.6 is 11.8 Å². The van der Waals surface area contributed by atoms with Crippen molar-refractivity contribution in [2.75, 3.05) is 31.1 Å². The summed E-state index contributed by atoms with van der Waals surface area (Å²) < 4.78 is 0. The van der Waals surface area contributed by atoms with E-state index in [1.807, 2.05) is 11.8 Å². The van der Waals surface area contributed by atoms with Gasteiger partial charge in [0.25, 0.3) is 0 Å². The Morgan fingerprint density at radius 2 is 2.24 bits per heavy atom. The van der Waals surface area contributed by atoms with E-state index < -0.39 is 0 Å². The first-order valence-electron chi connectivity index (χ1n) is 6.61. The van der Waals surface area contributed by atoms with Gasteiger partial charge in [-0.1, -0.05) is 0 Å². The smallest absolute Gasteiger partial charge is 0.221 e. The molecule has 0 bridgehead atoms. The summed E-state index contributed by atoms with van der Waals surface area (Å²) in [4.78, 5) is 14.2. The number of nitrogens with one attached hydrogen (secondary N) is 1. The number of amides is 1. The number of hydrogen-bond acceptors (Lipinski definition) is 4. The van der Waals surface area contributed by atoms with Gasteiger partial charge in [0.05, 0.1) is 0 Å². The van der Waals surface area contributed by atoms with Crippen LogP contribution in [-0.4, -0.2) is 54.0 Å². The van der Waals surface area contributed by atoms with Crippen molar-refractivity contribution in [1.82, 2.24) is 10.2 Å². The van der Waals surface area contributed by atoms with Crippen LogP contribution in [0.4, 0.5) is 0 Å². The largest absolute Gasteiger partial charge is 0.353 e. The molecule has 1 saturated carbocycles. The summed E-state index contributed by atoms with van der Waals surface area (Å²) in [5.74, 6) is 2.59. The van der Waals surface area contributed by atoms with E-state index in [0.29, 0.717) is 19.0 Å². The van der Waals surface area contributed by atoms with Crippen LogP contribution in [0.5, 0.6) is 0 Å². The minimum atomic E-state index is 0.180. The van der Waals surface area contributed by atoms with E-state index in [2.05, 4.69) is 10.2 Å². The van der Waals surface area contributed by atoms with Gasteiger partial charge in [-0.3, -0.25) is 9.69 Å². The maximum absolute atomic E-state index is 11.8. The molecular formula is C12H23N3OS. The van der Waals surface area contributed by atoms with E-state index in [4.69, 9.17) is 5.73 Å². The first kappa shape index (κ1) is 13.2. The molecule has 1 saturated heterocycles. The zero-order valence-electron chi connectivity index (χ0n) is 10.4. The van der Waals surface area contributed by atoms with Gasteiger partial charge in [-0.15, -0.1) is 0 Å². The summed E-state index contributed by atoms with van der Waals surface area (Å²) >= 11 is 2.00. The standard InChI is InChI=1S/C12H23N3OS/c13-9-11(8-12(16)14-10-2-3-10)15-4-1-6-17-7-5-15/h10-11H,1-9,13H2,(H,14,16). The van der Waals surface area contributed by atoms with E-state index in [-0.39, 0.29) is 11.9 Å². The second-order valence-electron chi connectivity index (χ2n) is 4.94. The van der Waals surface area contributed by atoms with Crippen molar-refractivity contribution >= 4 is 17.7 Å².